The molecule has 8 nitrogen and oxygen atoms in total. The Morgan fingerprint density at radius 2 is 2.12 bits per heavy atom. The van der Waals surface area contributed by atoms with Crippen molar-refractivity contribution in [2.75, 3.05) is 13.7 Å². The van der Waals surface area contributed by atoms with Crippen molar-refractivity contribution in [1.82, 2.24) is 14.5 Å². The minimum Gasteiger partial charge on any atom is -0.506 e. The Hall–Kier alpha value is -3.13. The number of benzene rings is 1. The van der Waals surface area contributed by atoms with Gasteiger partial charge in [-0.25, -0.2) is 9.13 Å². The van der Waals surface area contributed by atoms with Crippen molar-refractivity contribution >= 4 is 16.9 Å². The third-order valence-electron chi connectivity index (χ3n) is 6.05. The monoisotopic (exact) mass is 438 g/mol. The molecule has 32 heavy (non-hydrogen) atoms. The van der Waals surface area contributed by atoms with Crippen LogP contribution in [-0.2, 0) is 31.0 Å². The van der Waals surface area contributed by atoms with Crippen LogP contribution in [0, 0.1) is 12.8 Å². The minimum atomic E-state index is -0.188. The van der Waals surface area contributed by atoms with Gasteiger partial charge in [-0.2, -0.15) is 0 Å². The number of carbonyl (C=O) groups excluding carboxylic acids is 1. The highest BCUT2D eigenvalue weighted by Gasteiger charge is 2.30. The third-order valence-corrected chi connectivity index (χ3v) is 6.05. The normalized spacial score (nSPS) is 13.5. The predicted octanol–water partition coefficient (Wildman–Crippen LogP) is 2.26. The number of pyridine rings is 1. The molecule has 1 aliphatic rings. The molecular weight excluding hydrogens is 406 g/mol. The lowest BCUT2D eigenvalue weighted by Gasteiger charge is -2.18. The van der Waals surface area contributed by atoms with Crippen LogP contribution in [0.15, 0.2) is 30.3 Å². The fraction of sp³-hybridized carbons (Fsp3) is 0.458. The molecule has 1 saturated carbocycles. The van der Waals surface area contributed by atoms with Gasteiger partial charge in [0.25, 0.3) is 11.7 Å². The molecule has 3 aromatic rings. The van der Waals surface area contributed by atoms with Crippen molar-refractivity contribution < 1.29 is 19.2 Å². The number of aromatic nitrogens is 3. The number of fused-ring (bicyclic) bond motifs is 1. The average Bonchev–Trinajstić information content (AvgIpc) is 3.56. The zero-order chi connectivity index (χ0) is 22.8. The molecule has 2 heterocycles. The molecule has 8 heteroatoms. The van der Waals surface area contributed by atoms with Gasteiger partial charge >= 0.3 is 0 Å². The molecule has 1 amide bonds. The fourth-order valence-electron chi connectivity index (χ4n) is 4.08. The first-order valence-electron chi connectivity index (χ1n) is 11.2. The van der Waals surface area contributed by atoms with Crippen LogP contribution in [0.3, 0.4) is 0 Å². The quantitative estimate of drug-likeness (QED) is 0.500. The molecular formula is C24H32N5O3+. The number of nitrogens with two attached hydrogens (primary N) is 1. The lowest BCUT2D eigenvalue weighted by Crippen LogP contribution is -2.38. The van der Waals surface area contributed by atoms with Crippen molar-refractivity contribution in [2.45, 2.75) is 52.9 Å². The summed E-state index contributed by atoms with van der Waals surface area (Å²) in [7, 11) is 1.68. The third kappa shape index (κ3) is 4.55. The van der Waals surface area contributed by atoms with Gasteiger partial charge in [-0.05, 0) is 56.9 Å². The fourth-order valence-corrected chi connectivity index (χ4v) is 4.08. The number of imidazole rings is 1. The van der Waals surface area contributed by atoms with E-state index in [1.165, 1.54) is 17.7 Å². The summed E-state index contributed by atoms with van der Waals surface area (Å²) in [5.41, 5.74) is 9.57. The molecule has 4 rings (SSSR count). The van der Waals surface area contributed by atoms with Gasteiger partial charge in [0, 0.05) is 18.8 Å². The molecule has 1 aliphatic carbocycles. The number of ether oxygens (including phenoxy) is 1. The van der Waals surface area contributed by atoms with E-state index in [9.17, 15) is 9.90 Å². The van der Waals surface area contributed by atoms with E-state index in [0.717, 1.165) is 35.6 Å². The summed E-state index contributed by atoms with van der Waals surface area (Å²) in [6, 6.07) is 9.27. The maximum atomic E-state index is 12.6. The number of amides is 1. The Bertz CT molecular complexity index is 1140. The van der Waals surface area contributed by atoms with E-state index >= 15 is 0 Å². The highest BCUT2D eigenvalue weighted by Crippen LogP contribution is 2.33. The van der Waals surface area contributed by atoms with Crippen LogP contribution in [-0.4, -0.2) is 39.1 Å². The molecule has 0 spiro atoms. The zero-order valence-corrected chi connectivity index (χ0v) is 19.0. The molecule has 0 unspecified atom stereocenters. The SMILES string of the molecule is CC[n+]1c(CN)n(CC2CC2)c2cc(OCC(=O)N(C)Cc3nc(C)ccc3O)ccc21. The van der Waals surface area contributed by atoms with E-state index in [-0.39, 0.29) is 24.8 Å². The number of nitrogens with zero attached hydrogens (tertiary/aromatic N) is 4. The highest BCUT2D eigenvalue weighted by atomic mass is 16.5. The number of aryl methyl sites for hydroxylation is 2. The van der Waals surface area contributed by atoms with E-state index in [4.69, 9.17) is 10.5 Å². The van der Waals surface area contributed by atoms with Crippen LogP contribution < -0.4 is 15.0 Å². The van der Waals surface area contributed by atoms with Crippen molar-refractivity contribution in [3.8, 4) is 11.5 Å². The van der Waals surface area contributed by atoms with Gasteiger partial charge < -0.3 is 20.5 Å². The zero-order valence-electron chi connectivity index (χ0n) is 19.0. The number of hydrogen-bond acceptors (Lipinski definition) is 5. The summed E-state index contributed by atoms with van der Waals surface area (Å²) in [6.07, 6.45) is 2.52. The second-order valence-electron chi connectivity index (χ2n) is 8.53. The molecule has 0 bridgehead atoms. The Morgan fingerprint density at radius 3 is 2.81 bits per heavy atom. The van der Waals surface area contributed by atoms with Crippen LogP contribution in [0.25, 0.3) is 11.0 Å². The maximum Gasteiger partial charge on any atom is 0.271 e. The maximum absolute atomic E-state index is 12.6. The van der Waals surface area contributed by atoms with Crippen molar-refractivity contribution in [3.63, 3.8) is 0 Å². The lowest BCUT2D eigenvalue weighted by molar-refractivity contribution is -0.676. The summed E-state index contributed by atoms with van der Waals surface area (Å²) in [6.45, 7) is 6.40. The minimum absolute atomic E-state index is 0.0815. The standard InChI is InChI=1S/C24H31N5O3/c1-4-28-20-9-8-18(11-21(20)29(23(28)12-25)13-17-6-7-17)32-15-24(31)27(3)14-19-22(30)10-5-16(2)26-19/h5,8-11,17H,4,6-7,12-15,25H2,1-3H3/p+1. The summed E-state index contributed by atoms with van der Waals surface area (Å²) in [5, 5.41) is 9.99. The van der Waals surface area contributed by atoms with Gasteiger partial charge in [-0.1, -0.05) is 0 Å². The predicted molar refractivity (Wildman–Crippen MR) is 121 cm³/mol. The number of rotatable bonds is 9. The lowest BCUT2D eigenvalue weighted by atomic mass is 10.2. The van der Waals surface area contributed by atoms with E-state index < -0.39 is 0 Å². The first kappa shape index (κ1) is 22.1. The van der Waals surface area contributed by atoms with E-state index in [1.807, 2.05) is 25.1 Å². The van der Waals surface area contributed by atoms with Crippen LogP contribution >= 0.6 is 0 Å². The second-order valence-corrected chi connectivity index (χ2v) is 8.53. The van der Waals surface area contributed by atoms with Crippen molar-refractivity contribution in [3.05, 3.63) is 47.5 Å². The summed E-state index contributed by atoms with van der Waals surface area (Å²) in [5.74, 6) is 2.38. The second kappa shape index (κ2) is 9.16. The van der Waals surface area contributed by atoms with Gasteiger partial charge in [0.1, 0.15) is 17.2 Å². The number of aromatic hydroxyl groups is 1. The van der Waals surface area contributed by atoms with E-state index in [1.54, 1.807) is 19.2 Å². The Kier molecular flexibility index (Phi) is 6.32. The Balaban J connectivity index is 1.49. The van der Waals surface area contributed by atoms with Gasteiger partial charge in [-0.3, -0.25) is 9.78 Å². The first-order valence-corrected chi connectivity index (χ1v) is 11.2. The van der Waals surface area contributed by atoms with E-state index in [0.29, 0.717) is 23.9 Å². The largest absolute Gasteiger partial charge is 0.506 e. The number of hydrogen-bond donors (Lipinski definition) is 2. The van der Waals surface area contributed by atoms with Gasteiger partial charge in [0.05, 0.1) is 26.2 Å². The molecule has 0 radical (unpaired) electrons. The first-order chi connectivity index (χ1) is 15.4. The molecule has 3 N–H and O–H groups in total. The van der Waals surface area contributed by atoms with Crippen LogP contribution in [0.5, 0.6) is 11.5 Å². The number of carbonyl (C=O) groups is 1. The van der Waals surface area contributed by atoms with Gasteiger partial charge in [0.2, 0.25) is 0 Å². The van der Waals surface area contributed by atoms with Crippen molar-refractivity contribution in [2.24, 2.45) is 11.7 Å². The van der Waals surface area contributed by atoms with Crippen LogP contribution in [0.4, 0.5) is 0 Å². The smallest absolute Gasteiger partial charge is 0.271 e. The van der Waals surface area contributed by atoms with Gasteiger partial charge in [-0.15, -0.1) is 0 Å². The molecule has 2 aromatic heterocycles. The van der Waals surface area contributed by atoms with Crippen molar-refractivity contribution in [1.29, 1.82) is 0 Å². The Labute approximate surface area is 188 Å². The molecule has 1 aromatic carbocycles. The molecule has 170 valence electrons. The molecule has 0 aliphatic heterocycles. The Morgan fingerprint density at radius 1 is 1.34 bits per heavy atom. The topological polar surface area (TPSA) is 97.5 Å². The van der Waals surface area contributed by atoms with Gasteiger partial charge in [0.15, 0.2) is 17.6 Å². The summed E-state index contributed by atoms with van der Waals surface area (Å²) < 4.78 is 10.4. The van der Waals surface area contributed by atoms with Crippen LogP contribution in [0.1, 0.15) is 37.0 Å². The highest BCUT2D eigenvalue weighted by molar-refractivity contribution is 5.78. The van der Waals surface area contributed by atoms with E-state index in [2.05, 4.69) is 21.0 Å². The summed E-state index contributed by atoms with van der Waals surface area (Å²) in [4.78, 5) is 18.4. The van der Waals surface area contributed by atoms with Crippen LogP contribution in [0.2, 0.25) is 0 Å². The average molecular weight is 439 g/mol. The molecule has 0 atom stereocenters. The number of likely N-dealkylation sites (N-methyl/N-ethyl adjacent to an activating group) is 1. The summed E-state index contributed by atoms with van der Waals surface area (Å²) >= 11 is 0. The molecule has 0 saturated heterocycles. The molecule has 1 fully saturated rings.